The minimum absolute atomic E-state index is 0.0843. The molecule has 6 heteroatoms. The molecule has 2 N–H and O–H groups in total. The number of benzene rings is 1. The van der Waals surface area contributed by atoms with Crippen LogP contribution in [-0.2, 0) is 4.79 Å². The SMILES string of the molecule is CC(Br)C(=O)Nc1cc(C(=O)O)ccc1F. The summed E-state index contributed by atoms with van der Waals surface area (Å²) in [5.41, 5.74) is -0.227. The number of hydrogen-bond acceptors (Lipinski definition) is 2. The maximum absolute atomic E-state index is 13.2. The van der Waals surface area contributed by atoms with Crippen molar-refractivity contribution in [2.45, 2.75) is 11.8 Å². The Morgan fingerprint density at radius 2 is 2.12 bits per heavy atom. The lowest BCUT2D eigenvalue weighted by atomic mass is 10.2. The molecule has 1 rings (SSSR count). The van der Waals surface area contributed by atoms with Crippen LogP contribution < -0.4 is 5.32 Å². The van der Waals surface area contributed by atoms with Gasteiger partial charge in [-0.25, -0.2) is 9.18 Å². The highest BCUT2D eigenvalue weighted by atomic mass is 79.9. The zero-order valence-electron chi connectivity index (χ0n) is 8.33. The van der Waals surface area contributed by atoms with Gasteiger partial charge in [-0.3, -0.25) is 4.79 Å². The topological polar surface area (TPSA) is 66.4 Å². The first kappa shape index (κ1) is 12.6. The highest BCUT2D eigenvalue weighted by Gasteiger charge is 2.13. The number of nitrogens with one attached hydrogen (secondary N) is 1. The van der Waals surface area contributed by atoms with Crippen molar-refractivity contribution in [1.82, 2.24) is 0 Å². The Hall–Kier alpha value is -1.43. The lowest BCUT2D eigenvalue weighted by Gasteiger charge is -2.08. The predicted octanol–water partition coefficient (Wildman–Crippen LogP) is 2.25. The molecule has 1 unspecified atom stereocenters. The molecular formula is C10H9BrFNO3. The molecule has 1 aromatic rings. The van der Waals surface area contributed by atoms with E-state index in [1.165, 1.54) is 0 Å². The Bertz CT molecular complexity index is 434. The third-order valence-electron chi connectivity index (χ3n) is 1.83. The third-order valence-corrected chi connectivity index (χ3v) is 2.25. The van der Waals surface area contributed by atoms with Gasteiger partial charge in [-0.05, 0) is 25.1 Å². The van der Waals surface area contributed by atoms with Gasteiger partial charge in [0.25, 0.3) is 0 Å². The number of anilines is 1. The summed E-state index contributed by atoms with van der Waals surface area (Å²) in [6, 6.07) is 3.20. The molecule has 0 aliphatic rings. The fourth-order valence-electron chi connectivity index (χ4n) is 0.986. The minimum atomic E-state index is -1.18. The number of hydrogen-bond donors (Lipinski definition) is 2. The Labute approximate surface area is 99.6 Å². The number of carboxylic acids is 1. The van der Waals surface area contributed by atoms with Crippen LogP contribution in [0.4, 0.5) is 10.1 Å². The molecule has 0 saturated heterocycles. The maximum atomic E-state index is 13.2. The molecular weight excluding hydrogens is 281 g/mol. The van der Waals surface area contributed by atoms with Gasteiger partial charge in [0.05, 0.1) is 16.1 Å². The van der Waals surface area contributed by atoms with Crippen LogP contribution in [-0.4, -0.2) is 21.8 Å². The first-order valence-corrected chi connectivity index (χ1v) is 5.31. The summed E-state index contributed by atoms with van der Waals surface area (Å²) in [4.78, 5) is 21.4. The number of aromatic carboxylic acids is 1. The van der Waals surface area contributed by atoms with Gasteiger partial charge < -0.3 is 10.4 Å². The summed E-state index contributed by atoms with van der Waals surface area (Å²) in [6.07, 6.45) is 0. The normalized spacial score (nSPS) is 11.9. The van der Waals surface area contributed by atoms with Gasteiger partial charge in [-0.1, -0.05) is 15.9 Å². The molecule has 0 saturated carbocycles. The molecule has 0 bridgehead atoms. The smallest absolute Gasteiger partial charge is 0.335 e. The number of alkyl halides is 1. The number of rotatable bonds is 3. The Balaban J connectivity index is 2.99. The van der Waals surface area contributed by atoms with E-state index in [9.17, 15) is 14.0 Å². The van der Waals surface area contributed by atoms with E-state index in [1.54, 1.807) is 6.92 Å². The Morgan fingerprint density at radius 1 is 1.50 bits per heavy atom. The number of carbonyl (C=O) groups is 2. The molecule has 0 heterocycles. The van der Waals surface area contributed by atoms with Crippen molar-refractivity contribution in [2.75, 3.05) is 5.32 Å². The maximum Gasteiger partial charge on any atom is 0.335 e. The Kier molecular flexibility index (Phi) is 4.00. The summed E-state index contributed by atoms with van der Waals surface area (Å²) in [5, 5.41) is 11.0. The molecule has 86 valence electrons. The first-order chi connectivity index (χ1) is 7.41. The standard InChI is InChI=1S/C10H9BrFNO3/c1-5(11)9(14)13-8-4-6(10(15)16)2-3-7(8)12/h2-5H,1H3,(H,13,14)(H,15,16). The van der Waals surface area contributed by atoms with E-state index in [-0.39, 0.29) is 11.3 Å². The lowest BCUT2D eigenvalue weighted by molar-refractivity contribution is -0.115. The molecule has 1 atom stereocenters. The second-order valence-electron chi connectivity index (χ2n) is 3.11. The van der Waals surface area contributed by atoms with Gasteiger partial charge >= 0.3 is 5.97 Å². The molecule has 0 aliphatic carbocycles. The second-order valence-corrected chi connectivity index (χ2v) is 4.48. The zero-order valence-corrected chi connectivity index (χ0v) is 9.92. The number of carbonyl (C=O) groups excluding carboxylic acids is 1. The van der Waals surface area contributed by atoms with Crippen LogP contribution in [0.5, 0.6) is 0 Å². The molecule has 0 radical (unpaired) electrons. The van der Waals surface area contributed by atoms with Crippen molar-refractivity contribution >= 4 is 33.5 Å². The van der Waals surface area contributed by atoms with Crippen molar-refractivity contribution < 1.29 is 19.1 Å². The largest absolute Gasteiger partial charge is 0.478 e. The summed E-state index contributed by atoms with van der Waals surface area (Å²) < 4.78 is 13.2. The van der Waals surface area contributed by atoms with Gasteiger partial charge in [-0.15, -0.1) is 0 Å². The van der Waals surface area contributed by atoms with Gasteiger partial charge in [0, 0.05) is 0 Å². The van der Waals surface area contributed by atoms with Crippen molar-refractivity contribution in [3.05, 3.63) is 29.6 Å². The molecule has 4 nitrogen and oxygen atoms in total. The van der Waals surface area contributed by atoms with E-state index < -0.39 is 22.5 Å². The zero-order chi connectivity index (χ0) is 12.3. The Morgan fingerprint density at radius 3 is 2.62 bits per heavy atom. The number of carboxylic acid groups (broad SMARTS) is 1. The highest BCUT2D eigenvalue weighted by molar-refractivity contribution is 9.10. The fraction of sp³-hybridized carbons (Fsp3) is 0.200. The van der Waals surface area contributed by atoms with E-state index >= 15 is 0 Å². The lowest BCUT2D eigenvalue weighted by Crippen LogP contribution is -2.20. The number of halogens is 2. The van der Waals surface area contributed by atoms with E-state index in [0.717, 1.165) is 18.2 Å². The molecule has 0 aliphatic heterocycles. The first-order valence-electron chi connectivity index (χ1n) is 4.39. The summed E-state index contributed by atoms with van der Waals surface area (Å²) in [7, 11) is 0. The molecule has 16 heavy (non-hydrogen) atoms. The van der Waals surface area contributed by atoms with Gasteiger partial charge in [0.2, 0.25) is 5.91 Å². The van der Waals surface area contributed by atoms with Crippen molar-refractivity contribution in [1.29, 1.82) is 0 Å². The molecule has 0 spiro atoms. The van der Waals surface area contributed by atoms with Crippen LogP contribution in [0.25, 0.3) is 0 Å². The molecule has 1 aromatic carbocycles. The van der Waals surface area contributed by atoms with Crippen molar-refractivity contribution in [2.24, 2.45) is 0 Å². The predicted molar refractivity (Wildman–Crippen MR) is 60.4 cm³/mol. The van der Waals surface area contributed by atoms with Crippen LogP contribution in [0.2, 0.25) is 0 Å². The summed E-state index contributed by atoms with van der Waals surface area (Å²) in [6.45, 7) is 1.58. The van der Waals surface area contributed by atoms with E-state index in [4.69, 9.17) is 5.11 Å². The summed E-state index contributed by atoms with van der Waals surface area (Å²) >= 11 is 3.02. The fourth-order valence-corrected chi connectivity index (χ4v) is 1.10. The van der Waals surface area contributed by atoms with Gasteiger partial charge in [-0.2, -0.15) is 0 Å². The average Bonchev–Trinajstić information content (AvgIpc) is 2.20. The summed E-state index contributed by atoms with van der Waals surface area (Å²) in [5.74, 6) is -2.30. The van der Waals surface area contributed by atoms with Crippen LogP contribution in [0.15, 0.2) is 18.2 Å². The van der Waals surface area contributed by atoms with Crippen molar-refractivity contribution in [3.8, 4) is 0 Å². The van der Waals surface area contributed by atoms with Crippen LogP contribution >= 0.6 is 15.9 Å². The van der Waals surface area contributed by atoms with Gasteiger partial charge in [0.1, 0.15) is 5.82 Å². The van der Waals surface area contributed by atoms with Crippen molar-refractivity contribution in [3.63, 3.8) is 0 Å². The van der Waals surface area contributed by atoms with Crippen LogP contribution in [0.1, 0.15) is 17.3 Å². The van der Waals surface area contributed by atoms with Crippen LogP contribution in [0.3, 0.4) is 0 Å². The average molecular weight is 290 g/mol. The quantitative estimate of drug-likeness (QED) is 0.839. The van der Waals surface area contributed by atoms with Crippen LogP contribution in [0, 0.1) is 5.82 Å². The van der Waals surface area contributed by atoms with E-state index in [1.807, 2.05) is 0 Å². The monoisotopic (exact) mass is 289 g/mol. The third kappa shape index (κ3) is 3.03. The molecule has 0 aromatic heterocycles. The second kappa shape index (κ2) is 5.07. The molecule has 0 fully saturated rings. The van der Waals surface area contributed by atoms with E-state index in [0.29, 0.717) is 0 Å². The highest BCUT2D eigenvalue weighted by Crippen LogP contribution is 2.17. The number of amides is 1. The minimum Gasteiger partial charge on any atom is -0.478 e. The van der Waals surface area contributed by atoms with E-state index in [2.05, 4.69) is 21.2 Å². The van der Waals surface area contributed by atoms with Gasteiger partial charge in [0.15, 0.2) is 0 Å². The molecule has 1 amide bonds.